The molecule has 0 aliphatic heterocycles. The zero-order valence-electron chi connectivity index (χ0n) is 13.4. The number of rotatable bonds is 2. The number of hydrogen-bond donors (Lipinski definition) is 0. The number of carbonyl (C=O) groups is 1. The molecule has 25 heavy (non-hydrogen) atoms. The van der Waals surface area contributed by atoms with Crippen molar-refractivity contribution in [3.63, 3.8) is 0 Å². The predicted octanol–water partition coefficient (Wildman–Crippen LogP) is 3.09. The fraction of sp³-hybridized carbons (Fsp3) is 0.118. The van der Waals surface area contributed by atoms with Gasteiger partial charge in [0, 0.05) is 35.0 Å². The largest absolute Gasteiger partial charge is 0.464 e. The van der Waals surface area contributed by atoms with Crippen LogP contribution in [0.2, 0.25) is 5.15 Å². The Bertz CT molecular complexity index is 1140. The van der Waals surface area contributed by atoms with Crippen molar-refractivity contribution in [1.82, 2.24) is 24.6 Å². The van der Waals surface area contributed by atoms with Crippen LogP contribution in [0.1, 0.15) is 16.1 Å². The molecule has 0 aliphatic rings. The maximum absolute atomic E-state index is 11.7. The number of halogens is 1. The topological polar surface area (TPSA) is 82.3 Å². The lowest BCUT2D eigenvalue weighted by Crippen LogP contribution is -2.05. The van der Waals surface area contributed by atoms with E-state index in [0.717, 1.165) is 27.6 Å². The number of aromatic nitrogens is 5. The van der Waals surface area contributed by atoms with Crippen molar-refractivity contribution in [1.29, 1.82) is 0 Å². The summed E-state index contributed by atoms with van der Waals surface area (Å²) in [5.41, 5.74) is 4.31. The Morgan fingerprint density at radius 2 is 1.96 bits per heavy atom. The zero-order valence-corrected chi connectivity index (χ0v) is 14.2. The number of carbonyl (C=O) groups excluding carboxylic acids is 1. The molecule has 4 aromatic rings. The Kier molecular flexibility index (Phi) is 3.58. The van der Waals surface area contributed by atoms with E-state index in [1.165, 1.54) is 13.4 Å². The minimum atomic E-state index is -0.473. The minimum absolute atomic E-state index is 0.260. The molecule has 4 heterocycles. The van der Waals surface area contributed by atoms with Gasteiger partial charge in [0.2, 0.25) is 0 Å². The Labute approximate surface area is 147 Å². The van der Waals surface area contributed by atoms with Crippen molar-refractivity contribution in [2.24, 2.45) is 0 Å². The molecule has 0 atom stereocenters. The van der Waals surface area contributed by atoms with Gasteiger partial charge in [0.05, 0.1) is 12.6 Å². The van der Waals surface area contributed by atoms with Crippen LogP contribution in [0.25, 0.3) is 27.7 Å². The van der Waals surface area contributed by atoms with E-state index in [1.54, 1.807) is 29.0 Å². The first-order valence-electron chi connectivity index (χ1n) is 7.42. The lowest BCUT2D eigenvalue weighted by atomic mass is 10.0. The van der Waals surface area contributed by atoms with Crippen molar-refractivity contribution in [2.75, 3.05) is 7.11 Å². The third-order valence-electron chi connectivity index (χ3n) is 3.99. The van der Waals surface area contributed by atoms with Crippen LogP contribution in [0.4, 0.5) is 0 Å². The fourth-order valence-corrected chi connectivity index (χ4v) is 2.95. The van der Waals surface area contributed by atoms with Gasteiger partial charge in [-0.1, -0.05) is 11.6 Å². The third-order valence-corrected chi connectivity index (χ3v) is 4.20. The molecule has 0 radical (unpaired) electrons. The van der Waals surface area contributed by atoms with E-state index in [4.69, 9.17) is 16.3 Å². The van der Waals surface area contributed by atoms with Gasteiger partial charge in [-0.25, -0.2) is 24.3 Å². The van der Waals surface area contributed by atoms with Crippen LogP contribution in [0, 0.1) is 6.92 Å². The first kappa shape index (κ1) is 15.5. The lowest BCUT2D eigenvalue weighted by Gasteiger charge is -2.10. The van der Waals surface area contributed by atoms with Gasteiger partial charge in [0.15, 0.2) is 5.65 Å². The molecule has 0 unspecified atom stereocenters. The minimum Gasteiger partial charge on any atom is -0.464 e. The number of ether oxygens (including phenoxy) is 1. The second-order valence-corrected chi connectivity index (χ2v) is 5.88. The molecule has 0 fully saturated rings. The SMILES string of the molecule is COC(=O)c1cc(C)c(-c2cc3cnc(Cl)cc3n3ncnc23)cn1. The first-order valence-corrected chi connectivity index (χ1v) is 7.79. The first-order chi connectivity index (χ1) is 12.1. The molecule has 0 aliphatic carbocycles. The van der Waals surface area contributed by atoms with Gasteiger partial charge < -0.3 is 4.74 Å². The molecule has 0 saturated carbocycles. The number of pyridine rings is 3. The lowest BCUT2D eigenvalue weighted by molar-refractivity contribution is 0.0594. The number of methoxy groups -OCH3 is 1. The van der Waals surface area contributed by atoms with E-state index in [-0.39, 0.29) is 5.69 Å². The molecule has 4 rings (SSSR count). The molecule has 8 heteroatoms. The van der Waals surface area contributed by atoms with Gasteiger partial charge in [0.25, 0.3) is 0 Å². The van der Waals surface area contributed by atoms with Gasteiger partial charge in [-0.05, 0) is 24.6 Å². The van der Waals surface area contributed by atoms with Crippen LogP contribution >= 0.6 is 11.6 Å². The van der Waals surface area contributed by atoms with Gasteiger partial charge in [0.1, 0.15) is 17.2 Å². The number of nitrogens with zero attached hydrogens (tertiary/aromatic N) is 5. The molecule has 4 aromatic heterocycles. The number of hydrogen-bond acceptors (Lipinski definition) is 6. The van der Waals surface area contributed by atoms with E-state index in [2.05, 4.69) is 20.1 Å². The fourth-order valence-electron chi connectivity index (χ4n) is 2.80. The highest BCUT2D eigenvalue weighted by Gasteiger charge is 2.15. The summed E-state index contributed by atoms with van der Waals surface area (Å²) >= 11 is 6.00. The molecule has 124 valence electrons. The number of aryl methyl sites for hydroxylation is 1. The monoisotopic (exact) mass is 353 g/mol. The van der Waals surface area contributed by atoms with Gasteiger partial charge in [-0.2, -0.15) is 5.10 Å². The number of esters is 1. The van der Waals surface area contributed by atoms with Crippen molar-refractivity contribution < 1.29 is 9.53 Å². The molecular formula is C17H12ClN5O2. The molecule has 0 saturated heterocycles. The van der Waals surface area contributed by atoms with E-state index >= 15 is 0 Å². The van der Waals surface area contributed by atoms with Crippen LogP contribution in [-0.4, -0.2) is 37.6 Å². The average Bonchev–Trinajstić information content (AvgIpc) is 3.11. The van der Waals surface area contributed by atoms with Crippen LogP contribution in [0.3, 0.4) is 0 Å². The third kappa shape index (κ3) is 2.49. The van der Waals surface area contributed by atoms with Crippen LogP contribution in [0.15, 0.2) is 36.9 Å². The predicted molar refractivity (Wildman–Crippen MR) is 92.6 cm³/mol. The molecule has 7 nitrogen and oxygen atoms in total. The van der Waals surface area contributed by atoms with Gasteiger partial charge in [-0.3, -0.25) is 0 Å². The van der Waals surface area contributed by atoms with Crippen LogP contribution in [0.5, 0.6) is 0 Å². The van der Waals surface area contributed by atoms with E-state index in [0.29, 0.717) is 10.8 Å². The van der Waals surface area contributed by atoms with Crippen molar-refractivity contribution in [2.45, 2.75) is 6.92 Å². The van der Waals surface area contributed by atoms with E-state index in [1.807, 2.05) is 13.0 Å². The van der Waals surface area contributed by atoms with Crippen molar-refractivity contribution in [3.8, 4) is 11.1 Å². The average molecular weight is 354 g/mol. The Morgan fingerprint density at radius 1 is 1.12 bits per heavy atom. The zero-order chi connectivity index (χ0) is 17.6. The smallest absolute Gasteiger partial charge is 0.356 e. The quantitative estimate of drug-likeness (QED) is 0.407. The van der Waals surface area contributed by atoms with Crippen molar-refractivity contribution >= 4 is 34.1 Å². The van der Waals surface area contributed by atoms with E-state index in [9.17, 15) is 4.79 Å². The summed E-state index contributed by atoms with van der Waals surface area (Å²) in [4.78, 5) is 24.4. The van der Waals surface area contributed by atoms with Gasteiger partial charge >= 0.3 is 5.97 Å². The van der Waals surface area contributed by atoms with Gasteiger partial charge in [-0.15, -0.1) is 0 Å². The maximum Gasteiger partial charge on any atom is 0.356 e. The summed E-state index contributed by atoms with van der Waals surface area (Å²) in [7, 11) is 1.33. The second kappa shape index (κ2) is 5.78. The highest BCUT2D eigenvalue weighted by Crippen LogP contribution is 2.30. The summed E-state index contributed by atoms with van der Waals surface area (Å²) < 4.78 is 6.43. The number of fused-ring (bicyclic) bond motifs is 3. The Balaban J connectivity index is 1.99. The molecule has 0 amide bonds. The summed E-state index contributed by atoms with van der Waals surface area (Å²) in [6, 6.07) is 5.40. The summed E-state index contributed by atoms with van der Waals surface area (Å²) in [5, 5.41) is 5.54. The summed E-state index contributed by atoms with van der Waals surface area (Å²) in [6.45, 7) is 1.90. The van der Waals surface area contributed by atoms with Crippen molar-refractivity contribution in [3.05, 3.63) is 53.3 Å². The molecular weight excluding hydrogens is 342 g/mol. The highest BCUT2D eigenvalue weighted by atomic mass is 35.5. The van der Waals surface area contributed by atoms with Crippen LogP contribution in [-0.2, 0) is 4.74 Å². The molecule has 0 bridgehead atoms. The second-order valence-electron chi connectivity index (χ2n) is 5.50. The highest BCUT2D eigenvalue weighted by molar-refractivity contribution is 6.30. The molecule has 0 aromatic carbocycles. The Morgan fingerprint density at radius 3 is 2.72 bits per heavy atom. The van der Waals surface area contributed by atoms with Crippen LogP contribution < -0.4 is 0 Å². The Hall–Kier alpha value is -3.06. The summed E-state index contributed by atoms with van der Waals surface area (Å²) in [5.74, 6) is -0.473. The molecule has 0 spiro atoms. The summed E-state index contributed by atoms with van der Waals surface area (Å²) in [6.07, 6.45) is 4.81. The normalized spacial score (nSPS) is 11.2. The molecule has 0 N–H and O–H groups in total. The maximum atomic E-state index is 11.7. The standard InChI is InChI=1S/C17H12ClN5O2/c1-9-3-13(17(24)25-2)19-7-12(9)11-4-10-6-20-15(18)5-14(10)23-16(11)21-8-22-23/h3-8H,1-2H3. The van der Waals surface area contributed by atoms with E-state index < -0.39 is 5.97 Å².